The van der Waals surface area contributed by atoms with Gasteiger partial charge in [-0.05, 0) is 37.5 Å². The lowest BCUT2D eigenvalue weighted by Crippen LogP contribution is -2.31. The van der Waals surface area contributed by atoms with E-state index >= 15 is 0 Å². The molecule has 0 aliphatic carbocycles. The zero-order valence-electron chi connectivity index (χ0n) is 10.3. The van der Waals surface area contributed by atoms with Gasteiger partial charge >= 0.3 is 0 Å². The van der Waals surface area contributed by atoms with Gasteiger partial charge < -0.3 is 15.2 Å². The van der Waals surface area contributed by atoms with Crippen molar-refractivity contribution in [2.45, 2.75) is 25.4 Å². The summed E-state index contributed by atoms with van der Waals surface area (Å²) in [5, 5.41) is 12.9. The van der Waals surface area contributed by atoms with Gasteiger partial charge in [-0.25, -0.2) is 0 Å². The molecule has 1 aromatic carbocycles. The Bertz CT molecular complexity index is 384. The molecule has 0 fully saturated rings. The number of fused-ring (bicyclic) bond motifs is 1. The molecule has 1 aromatic rings. The lowest BCUT2D eigenvalue weighted by atomic mass is 10.1. The summed E-state index contributed by atoms with van der Waals surface area (Å²) in [6.45, 7) is 2.86. The maximum atomic E-state index is 9.38. The van der Waals surface area contributed by atoms with Crippen molar-refractivity contribution in [2.24, 2.45) is 0 Å². The number of hydrogen-bond donors (Lipinski definition) is 2. The average molecular weight is 253 g/mol. The molecule has 0 spiro atoms. The molecule has 1 aliphatic rings. The van der Waals surface area contributed by atoms with Crippen LogP contribution < -0.4 is 10.1 Å². The molecule has 0 bridgehead atoms. The third-order valence-corrected chi connectivity index (χ3v) is 3.66. The first-order valence-corrected chi connectivity index (χ1v) is 7.31. The number of nitrogens with one attached hydrogen (secondary N) is 1. The first-order valence-electron chi connectivity index (χ1n) is 5.91. The van der Waals surface area contributed by atoms with Crippen LogP contribution in [0.15, 0.2) is 18.2 Å². The smallest absolute Gasteiger partial charge is 0.127 e. The van der Waals surface area contributed by atoms with E-state index in [9.17, 15) is 5.11 Å². The summed E-state index contributed by atoms with van der Waals surface area (Å²) in [4.78, 5) is 0. The zero-order valence-corrected chi connectivity index (χ0v) is 11.1. The average Bonchev–Trinajstić information content (AvgIpc) is 2.69. The molecule has 0 saturated heterocycles. The summed E-state index contributed by atoms with van der Waals surface area (Å²) < 4.78 is 5.57. The van der Waals surface area contributed by atoms with Crippen LogP contribution >= 0.6 is 11.8 Å². The standard InChI is InChI=1S/C13H19NO2S/c1-9(5-6-17-2)14-12-8-16-13-7-10(15)3-4-11(12)13/h3-4,7,9,12,14-15H,5-6,8H2,1-2H3. The molecule has 0 amide bonds. The number of phenols is 1. The van der Waals surface area contributed by atoms with Crippen molar-refractivity contribution in [3.05, 3.63) is 23.8 Å². The third kappa shape index (κ3) is 3.07. The van der Waals surface area contributed by atoms with Gasteiger partial charge in [0.1, 0.15) is 18.1 Å². The molecule has 0 saturated carbocycles. The third-order valence-electron chi connectivity index (χ3n) is 3.02. The minimum absolute atomic E-state index is 0.252. The second kappa shape index (κ2) is 5.65. The van der Waals surface area contributed by atoms with E-state index in [2.05, 4.69) is 18.5 Å². The van der Waals surface area contributed by atoms with E-state index in [0.29, 0.717) is 12.6 Å². The number of aromatic hydroxyl groups is 1. The SMILES string of the molecule is CSCCC(C)NC1COc2cc(O)ccc21. The van der Waals surface area contributed by atoms with Gasteiger partial charge in [0.25, 0.3) is 0 Å². The Balaban J connectivity index is 1.97. The minimum atomic E-state index is 0.252. The molecule has 0 aromatic heterocycles. The highest BCUT2D eigenvalue weighted by Gasteiger charge is 2.25. The van der Waals surface area contributed by atoms with Crippen molar-refractivity contribution < 1.29 is 9.84 Å². The van der Waals surface area contributed by atoms with Crippen molar-refractivity contribution in [1.82, 2.24) is 5.32 Å². The summed E-state index contributed by atoms with van der Waals surface area (Å²) in [6, 6.07) is 6.08. The summed E-state index contributed by atoms with van der Waals surface area (Å²) in [5.74, 6) is 2.24. The van der Waals surface area contributed by atoms with E-state index in [4.69, 9.17) is 4.74 Å². The quantitative estimate of drug-likeness (QED) is 0.846. The predicted molar refractivity (Wildman–Crippen MR) is 71.9 cm³/mol. The number of benzene rings is 1. The Morgan fingerprint density at radius 1 is 1.59 bits per heavy atom. The lowest BCUT2D eigenvalue weighted by molar-refractivity contribution is 0.298. The summed E-state index contributed by atoms with van der Waals surface area (Å²) in [5.41, 5.74) is 1.15. The van der Waals surface area contributed by atoms with E-state index in [1.165, 1.54) is 5.75 Å². The summed E-state index contributed by atoms with van der Waals surface area (Å²) in [7, 11) is 0. The van der Waals surface area contributed by atoms with Gasteiger partial charge in [0.15, 0.2) is 0 Å². The highest BCUT2D eigenvalue weighted by molar-refractivity contribution is 7.98. The molecule has 4 heteroatoms. The molecule has 1 aliphatic heterocycles. The summed E-state index contributed by atoms with van der Waals surface area (Å²) >= 11 is 1.87. The van der Waals surface area contributed by atoms with Crippen molar-refractivity contribution in [3.63, 3.8) is 0 Å². The molecule has 1 heterocycles. The molecule has 0 radical (unpaired) electrons. The van der Waals surface area contributed by atoms with Gasteiger partial charge in [-0.1, -0.05) is 0 Å². The molecule has 2 N–H and O–H groups in total. The van der Waals surface area contributed by atoms with Gasteiger partial charge in [0.05, 0.1) is 6.04 Å². The van der Waals surface area contributed by atoms with Crippen LogP contribution in [0.5, 0.6) is 11.5 Å². The largest absolute Gasteiger partial charge is 0.508 e. The fourth-order valence-electron chi connectivity index (χ4n) is 2.06. The molecule has 2 unspecified atom stereocenters. The van der Waals surface area contributed by atoms with Gasteiger partial charge in [-0.15, -0.1) is 0 Å². The van der Waals surface area contributed by atoms with E-state index in [1.807, 2.05) is 17.8 Å². The van der Waals surface area contributed by atoms with Gasteiger partial charge in [0, 0.05) is 17.7 Å². The normalized spacial score (nSPS) is 19.8. The molecular weight excluding hydrogens is 234 g/mol. The molecule has 94 valence electrons. The van der Waals surface area contributed by atoms with E-state index in [0.717, 1.165) is 17.7 Å². The van der Waals surface area contributed by atoms with Gasteiger partial charge in [-0.2, -0.15) is 11.8 Å². The van der Waals surface area contributed by atoms with Crippen LogP contribution in [-0.4, -0.2) is 29.8 Å². The van der Waals surface area contributed by atoms with E-state index in [1.54, 1.807) is 12.1 Å². The zero-order chi connectivity index (χ0) is 12.3. The summed E-state index contributed by atoms with van der Waals surface area (Å²) in [6.07, 6.45) is 3.29. The Hall–Kier alpha value is -0.870. The van der Waals surface area contributed by atoms with E-state index in [-0.39, 0.29) is 11.8 Å². The van der Waals surface area contributed by atoms with Crippen LogP contribution in [0.25, 0.3) is 0 Å². The molecule has 3 nitrogen and oxygen atoms in total. The van der Waals surface area contributed by atoms with Gasteiger partial charge in [0.2, 0.25) is 0 Å². The second-order valence-corrected chi connectivity index (χ2v) is 5.42. The Labute approximate surface area is 107 Å². The second-order valence-electron chi connectivity index (χ2n) is 4.43. The number of thioether (sulfide) groups is 1. The number of hydrogen-bond acceptors (Lipinski definition) is 4. The molecule has 2 rings (SSSR count). The van der Waals surface area contributed by atoms with Crippen molar-refractivity contribution >= 4 is 11.8 Å². The van der Waals surface area contributed by atoms with Crippen LogP contribution in [-0.2, 0) is 0 Å². The molecule has 17 heavy (non-hydrogen) atoms. The Kier molecular flexibility index (Phi) is 4.18. The van der Waals surface area contributed by atoms with Gasteiger partial charge in [-0.3, -0.25) is 0 Å². The topological polar surface area (TPSA) is 41.5 Å². The predicted octanol–water partition coefficient (Wildman–Crippen LogP) is 2.56. The Morgan fingerprint density at radius 3 is 3.18 bits per heavy atom. The highest BCUT2D eigenvalue weighted by Crippen LogP contribution is 2.35. The van der Waals surface area contributed by atoms with Crippen LogP contribution in [0.1, 0.15) is 24.9 Å². The van der Waals surface area contributed by atoms with Crippen molar-refractivity contribution in [2.75, 3.05) is 18.6 Å². The first kappa shape index (κ1) is 12.6. The fraction of sp³-hybridized carbons (Fsp3) is 0.538. The van der Waals surface area contributed by atoms with Crippen molar-refractivity contribution in [1.29, 1.82) is 0 Å². The van der Waals surface area contributed by atoms with Crippen LogP contribution in [0.2, 0.25) is 0 Å². The monoisotopic (exact) mass is 253 g/mol. The fourth-order valence-corrected chi connectivity index (χ4v) is 2.65. The Morgan fingerprint density at radius 2 is 2.41 bits per heavy atom. The van der Waals surface area contributed by atoms with E-state index < -0.39 is 0 Å². The maximum absolute atomic E-state index is 9.38. The van der Waals surface area contributed by atoms with Crippen molar-refractivity contribution in [3.8, 4) is 11.5 Å². The first-order chi connectivity index (χ1) is 8.20. The number of rotatable bonds is 5. The molecule has 2 atom stereocenters. The van der Waals surface area contributed by atoms with Crippen LogP contribution in [0.4, 0.5) is 0 Å². The van der Waals surface area contributed by atoms with Crippen LogP contribution in [0.3, 0.4) is 0 Å². The lowest BCUT2D eigenvalue weighted by Gasteiger charge is -2.18. The van der Waals surface area contributed by atoms with Crippen LogP contribution in [0, 0.1) is 0 Å². The minimum Gasteiger partial charge on any atom is -0.508 e. The number of phenolic OH excluding ortho intramolecular Hbond substituents is 1. The maximum Gasteiger partial charge on any atom is 0.127 e. The number of ether oxygens (including phenoxy) is 1. The molecular formula is C13H19NO2S. The highest BCUT2D eigenvalue weighted by atomic mass is 32.2.